The highest BCUT2D eigenvalue weighted by molar-refractivity contribution is 8.00. The first-order valence-corrected chi connectivity index (χ1v) is 7.03. The fourth-order valence-corrected chi connectivity index (χ4v) is 2.43. The molecule has 126 valence electrons. The predicted octanol–water partition coefficient (Wildman–Crippen LogP) is 4.64. The summed E-state index contributed by atoms with van der Waals surface area (Å²) in [5, 5.41) is 21.6. The average Bonchev–Trinajstić information content (AvgIpc) is 2.52. The molecule has 0 aromatic heterocycles. The second-order valence-electron chi connectivity index (χ2n) is 4.45. The number of nitrogens with one attached hydrogen (secondary N) is 1. The van der Waals surface area contributed by atoms with Gasteiger partial charge in [-0.05, 0) is 42.3 Å². The maximum absolute atomic E-state index is 12.5. The summed E-state index contributed by atoms with van der Waals surface area (Å²) in [5.74, 6) is 0. The van der Waals surface area contributed by atoms with Crippen LogP contribution in [-0.2, 0) is 6.18 Å². The Hall–Kier alpha value is -2.82. The van der Waals surface area contributed by atoms with Crippen molar-refractivity contribution in [1.29, 1.82) is 0 Å². The average molecular weight is 359 g/mol. The third-order valence-electron chi connectivity index (χ3n) is 2.84. The third-order valence-corrected chi connectivity index (χ3v) is 3.74. The summed E-state index contributed by atoms with van der Waals surface area (Å²) in [7, 11) is 0. The maximum atomic E-state index is 12.5. The van der Waals surface area contributed by atoms with Gasteiger partial charge in [0.05, 0.1) is 21.5 Å². The molecule has 0 saturated carbocycles. The fourth-order valence-electron chi connectivity index (χ4n) is 1.69. The van der Waals surface area contributed by atoms with Gasteiger partial charge in [-0.1, -0.05) is 0 Å². The van der Waals surface area contributed by atoms with Crippen LogP contribution < -0.4 is 4.72 Å². The number of anilines is 1. The van der Waals surface area contributed by atoms with Crippen LogP contribution in [-0.4, -0.2) is 9.85 Å². The second-order valence-corrected chi connectivity index (χ2v) is 5.29. The van der Waals surface area contributed by atoms with E-state index in [2.05, 4.69) is 4.72 Å². The van der Waals surface area contributed by atoms with Gasteiger partial charge < -0.3 is 4.72 Å². The van der Waals surface area contributed by atoms with Crippen LogP contribution in [0, 0.1) is 20.2 Å². The van der Waals surface area contributed by atoms with Crippen molar-refractivity contribution in [2.45, 2.75) is 11.1 Å². The van der Waals surface area contributed by atoms with E-state index in [4.69, 9.17) is 0 Å². The Morgan fingerprint density at radius 3 is 2.08 bits per heavy atom. The van der Waals surface area contributed by atoms with E-state index in [0.29, 0.717) is 5.69 Å². The Bertz CT molecular complexity index is 781. The molecule has 0 aliphatic carbocycles. The highest BCUT2D eigenvalue weighted by Gasteiger charge is 2.30. The summed E-state index contributed by atoms with van der Waals surface area (Å²) in [6.07, 6.45) is -4.46. The molecular weight excluding hydrogens is 351 g/mol. The first kappa shape index (κ1) is 17.5. The van der Waals surface area contributed by atoms with Crippen molar-refractivity contribution in [2.24, 2.45) is 0 Å². The topological polar surface area (TPSA) is 98.3 Å². The first-order valence-electron chi connectivity index (χ1n) is 6.21. The molecule has 0 fully saturated rings. The summed E-state index contributed by atoms with van der Waals surface area (Å²) in [5.41, 5.74) is -1.44. The molecule has 2 rings (SSSR count). The zero-order chi connectivity index (χ0) is 17.9. The number of nitro benzene ring substituents is 2. The van der Waals surface area contributed by atoms with Crippen LogP contribution in [0.2, 0.25) is 0 Å². The minimum absolute atomic E-state index is 0.0884. The molecule has 7 nitrogen and oxygen atoms in total. The van der Waals surface area contributed by atoms with Gasteiger partial charge in [0.2, 0.25) is 0 Å². The summed E-state index contributed by atoms with van der Waals surface area (Å²) in [6.45, 7) is 0. The van der Waals surface area contributed by atoms with E-state index in [0.717, 1.165) is 36.2 Å². The van der Waals surface area contributed by atoms with Gasteiger partial charge in [-0.15, -0.1) is 0 Å². The lowest BCUT2D eigenvalue weighted by Crippen LogP contribution is -2.04. The Morgan fingerprint density at radius 2 is 1.58 bits per heavy atom. The minimum atomic E-state index is -4.46. The van der Waals surface area contributed by atoms with Crippen molar-refractivity contribution < 1.29 is 23.0 Å². The van der Waals surface area contributed by atoms with Crippen molar-refractivity contribution in [1.82, 2.24) is 0 Å². The highest BCUT2D eigenvalue weighted by atomic mass is 32.2. The molecular formula is C13H8F3N3O4S. The number of halogens is 3. The quantitative estimate of drug-likeness (QED) is 0.474. The number of hydrogen-bond donors (Lipinski definition) is 1. The van der Waals surface area contributed by atoms with Gasteiger partial charge in [0.1, 0.15) is 4.90 Å². The van der Waals surface area contributed by atoms with Crippen molar-refractivity contribution in [2.75, 3.05) is 4.72 Å². The predicted molar refractivity (Wildman–Crippen MR) is 80.7 cm³/mol. The molecule has 0 aliphatic heterocycles. The fraction of sp³-hybridized carbons (Fsp3) is 0.0769. The van der Waals surface area contributed by atoms with Crippen LogP contribution in [0.4, 0.5) is 30.2 Å². The SMILES string of the molecule is O=[N+]([O-])c1ccc(SNc2ccc(C(F)(F)F)cc2)c([N+](=O)[O-])c1. The van der Waals surface area contributed by atoms with Crippen LogP contribution in [0.15, 0.2) is 47.4 Å². The van der Waals surface area contributed by atoms with Crippen LogP contribution >= 0.6 is 11.9 Å². The molecule has 0 aliphatic rings. The van der Waals surface area contributed by atoms with Crippen molar-refractivity contribution >= 4 is 29.0 Å². The molecule has 0 heterocycles. The van der Waals surface area contributed by atoms with Crippen molar-refractivity contribution in [3.8, 4) is 0 Å². The molecule has 0 atom stereocenters. The normalized spacial score (nSPS) is 11.1. The van der Waals surface area contributed by atoms with E-state index in [9.17, 15) is 33.4 Å². The standard InChI is InChI=1S/C13H8F3N3O4S/c14-13(15,16)8-1-3-9(4-2-8)17-24-12-6-5-10(18(20)21)7-11(12)19(22)23/h1-7,17H. The first-order chi connectivity index (χ1) is 11.2. The lowest BCUT2D eigenvalue weighted by molar-refractivity contribution is -0.396. The number of non-ortho nitro benzene ring substituents is 1. The van der Waals surface area contributed by atoms with E-state index in [1.165, 1.54) is 18.2 Å². The van der Waals surface area contributed by atoms with Gasteiger partial charge in [-0.25, -0.2) is 0 Å². The zero-order valence-electron chi connectivity index (χ0n) is 11.6. The molecule has 0 bridgehead atoms. The summed E-state index contributed by atoms with van der Waals surface area (Å²) in [6, 6.07) is 7.19. The zero-order valence-corrected chi connectivity index (χ0v) is 12.4. The van der Waals surface area contributed by atoms with Gasteiger partial charge in [-0.2, -0.15) is 13.2 Å². The smallest absolute Gasteiger partial charge is 0.325 e. The number of alkyl halides is 3. The molecule has 2 aromatic rings. The Balaban J connectivity index is 2.17. The maximum Gasteiger partial charge on any atom is 0.416 e. The summed E-state index contributed by atoms with van der Waals surface area (Å²) >= 11 is 0.767. The lowest BCUT2D eigenvalue weighted by atomic mass is 10.2. The van der Waals surface area contributed by atoms with Crippen molar-refractivity contribution in [3.05, 3.63) is 68.3 Å². The number of benzene rings is 2. The number of rotatable bonds is 5. The summed E-state index contributed by atoms with van der Waals surface area (Å²) < 4.78 is 40.0. The van der Waals surface area contributed by atoms with Gasteiger partial charge in [-0.3, -0.25) is 20.2 Å². The largest absolute Gasteiger partial charge is 0.416 e. The van der Waals surface area contributed by atoms with E-state index < -0.39 is 33.0 Å². The molecule has 0 saturated heterocycles. The molecule has 0 radical (unpaired) electrons. The molecule has 24 heavy (non-hydrogen) atoms. The van der Waals surface area contributed by atoms with Gasteiger partial charge in [0.25, 0.3) is 11.4 Å². The monoisotopic (exact) mass is 359 g/mol. The molecule has 0 unspecified atom stereocenters. The van der Waals surface area contributed by atoms with Gasteiger partial charge >= 0.3 is 6.18 Å². The second kappa shape index (κ2) is 6.74. The van der Waals surface area contributed by atoms with Crippen molar-refractivity contribution in [3.63, 3.8) is 0 Å². The Kier molecular flexibility index (Phi) is 4.93. The molecule has 11 heteroatoms. The van der Waals surface area contributed by atoms with Crippen LogP contribution in [0.3, 0.4) is 0 Å². The van der Waals surface area contributed by atoms with Crippen LogP contribution in [0.25, 0.3) is 0 Å². The van der Waals surface area contributed by atoms with E-state index in [-0.39, 0.29) is 4.90 Å². The minimum Gasteiger partial charge on any atom is -0.325 e. The number of hydrogen-bond acceptors (Lipinski definition) is 6. The molecule has 0 amide bonds. The Morgan fingerprint density at radius 1 is 0.958 bits per heavy atom. The summed E-state index contributed by atoms with van der Waals surface area (Å²) in [4.78, 5) is 20.2. The van der Waals surface area contributed by atoms with Crippen LogP contribution in [0.5, 0.6) is 0 Å². The number of nitrogens with zero attached hydrogens (tertiary/aromatic N) is 2. The van der Waals surface area contributed by atoms with Crippen LogP contribution in [0.1, 0.15) is 5.56 Å². The Labute approximate surface area is 136 Å². The number of nitro groups is 2. The van der Waals surface area contributed by atoms with Gasteiger partial charge in [0, 0.05) is 11.8 Å². The van der Waals surface area contributed by atoms with E-state index in [1.807, 2.05) is 0 Å². The third kappa shape index (κ3) is 4.13. The van der Waals surface area contributed by atoms with E-state index >= 15 is 0 Å². The molecule has 1 N–H and O–H groups in total. The molecule has 0 spiro atoms. The van der Waals surface area contributed by atoms with E-state index in [1.54, 1.807) is 0 Å². The van der Waals surface area contributed by atoms with Gasteiger partial charge in [0.15, 0.2) is 0 Å². The highest BCUT2D eigenvalue weighted by Crippen LogP contribution is 2.34. The lowest BCUT2D eigenvalue weighted by Gasteiger charge is -2.09. The molecule has 2 aromatic carbocycles.